The molecule has 0 aromatic heterocycles. The van der Waals surface area contributed by atoms with Gasteiger partial charge in [-0.3, -0.25) is 4.79 Å². The van der Waals surface area contributed by atoms with Crippen molar-refractivity contribution in [2.45, 2.75) is 44.9 Å². The van der Waals surface area contributed by atoms with Crippen molar-refractivity contribution in [2.24, 2.45) is 0 Å². The molecule has 0 bridgehead atoms. The van der Waals surface area contributed by atoms with Crippen LogP contribution in [-0.4, -0.2) is 43.5 Å². The van der Waals surface area contributed by atoms with Crippen molar-refractivity contribution in [3.8, 4) is 0 Å². The standard InChI is InChI=1S/C10H11NO4.C6H16Si/c12-6-8(10(14)15)11-9(13)7-4-2-1-3-5-7;1-6(2,3)7(4)5/h1-5,8,12H,6H2,(H,11,13)(H,14,15);7H,1-5H3/t8-;/m0./s1. The Balaban J connectivity index is 0.000000534. The molecule has 5 nitrogen and oxygen atoms in total. The van der Waals surface area contributed by atoms with Crippen LogP contribution < -0.4 is 5.32 Å². The maximum atomic E-state index is 11.4. The van der Waals surface area contributed by atoms with Crippen molar-refractivity contribution in [3.05, 3.63) is 35.9 Å². The average Bonchev–Trinajstić information content (AvgIpc) is 2.44. The van der Waals surface area contributed by atoms with Crippen LogP contribution in [0.3, 0.4) is 0 Å². The van der Waals surface area contributed by atoms with Gasteiger partial charge in [0.2, 0.25) is 0 Å². The molecule has 1 rings (SSSR count). The van der Waals surface area contributed by atoms with Gasteiger partial charge in [-0.15, -0.1) is 0 Å². The van der Waals surface area contributed by atoms with Crippen molar-refractivity contribution in [3.63, 3.8) is 0 Å². The summed E-state index contributed by atoms with van der Waals surface area (Å²) in [5, 5.41) is 20.1. The molecule has 3 N–H and O–H groups in total. The SMILES string of the molecule is C[SiH](C)C(C)(C)C.O=C(N[C@@H](CO)C(=O)O)c1ccccc1. The molecule has 0 heterocycles. The Morgan fingerprint density at radius 2 is 1.64 bits per heavy atom. The number of hydrogen-bond donors (Lipinski definition) is 3. The predicted octanol–water partition coefficient (Wildman–Crippen LogP) is 2.14. The van der Waals surface area contributed by atoms with Crippen LogP contribution in [0.4, 0.5) is 0 Å². The van der Waals surface area contributed by atoms with Gasteiger partial charge in [-0.1, -0.05) is 52.1 Å². The number of carboxylic acids is 1. The van der Waals surface area contributed by atoms with Gasteiger partial charge in [0.15, 0.2) is 6.04 Å². The number of aliphatic hydroxyl groups excluding tert-OH is 1. The summed E-state index contributed by atoms with van der Waals surface area (Å²) in [6.45, 7) is 11.1. The largest absolute Gasteiger partial charge is 0.480 e. The molecular formula is C16H27NO4Si. The van der Waals surface area contributed by atoms with Gasteiger partial charge in [0.05, 0.1) is 6.61 Å². The average molecular weight is 325 g/mol. The number of amides is 1. The molecule has 22 heavy (non-hydrogen) atoms. The fourth-order valence-corrected chi connectivity index (χ4v) is 1.02. The lowest BCUT2D eigenvalue weighted by Gasteiger charge is -2.21. The summed E-state index contributed by atoms with van der Waals surface area (Å²) < 4.78 is 0. The van der Waals surface area contributed by atoms with Gasteiger partial charge in [-0.05, 0) is 17.2 Å². The number of hydrogen-bond acceptors (Lipinski definition) is 3. The van der Waals surface area contributed by atoms with Crippen LogP contribution in [-0.2, 0) is 4.79 Å². The molecule has 0 aliphatic heterocycles. The summed E-state index contributed by atoms with van der Waals surface area (Å²) in [4.78, 5) is 22.0. The zero-order valence-corrected chi connectivity index (χ0v) is 15.1. The maximum Gasteiger partial charge on any atom is 0.328 e. The predicted molar refractivity (Wildman–Crippen MR) is 91.0 cm³/mol. The highest BCUT2D eigenvalue weighted by Gasteiger charge is 2.19. The molecule has 0 fully saturated rings. The molecule has 0 radical (unpaired) electrons. The molecule has 0 spiro atoms. The quantitative estimate of drug-likeness (QED) is 0.740. The van der Waals surface area contributed by atoms with Crippen LogP contribution in [0, 0.1) is 0 Å². The van der Waals surface area contributed by atoms with Gasteiger partial charge in [0.25, 0.3) is 5.91 Å². The number of benzene rings is 1. The number of carboxylic acid groups (broad SMARTS) is 1. The lowest BCUT2D eigenvalue weighted by Crippen LogP contribution is -2.43. The molecule has 1 aromatic carbocycles. The van der Waals surface area contributed by atoms with E-state index in [0.717, 1.165) is 0 Å². The molecule has 124 valence electrons. The minimum Gasteiger partial charge on any atom is -0.480 e. The molecular weight excluding hydrogens is 298 g/mol. The van der Waals surface area contributed by atoms with Crippen molar-refractivity contribution in [1.82, 2.24) is 5.32 Å². The summed E-state index contributed by atoms with van der Waals surface area (Å²) in [6.07, 6.45) is 0. The monoisotopic (exact) mass is 325 g/mol. The van der Waals surface area contributed by atoms with Gasteiger partial charge in [0.1, 0.15) is 0 Å². The smallest absolute Gasteiger partial charge is 0.328 e. The Morgan fingerprint density at radius 1 is 1.18 bits per heavy atom. The third kappa shape index (κ3) is 7.95. The van der Waals surface area contributed by atoms with E-state index in [0.29, 0.717) is 10.6 Å². The second-order valence-corrected chi connectivity index (χ2v) is 10.5. The Bertz CT molecular complexity index is 469. The normalized spacial score (nSPS) is 12.1. The molecule has 6 heteroatoms. The minimum absolute atomic E-state index is 0.359. The Hall–Kier alpha value is -1.66. The zero-order chi connectivity index (χ0) is 17.3. The summed E-state index contributed by atoms with van der Waals surface area (Å²) in [7, 11) is -0.359. The number of nitrogens with one attached hydrogen (secondary N) is 1. The highest BCUT2D eigenvalue weighted by molar-refractivity contribution is 6.59. The topological polar surface area (TPSA) is 86.6 Å². The first kappa shape index (κ1) is 20.3. The van der Waals surface area contributed by atoms with Crippen molar-refractivity contribution >= 4 is 20.7 Å². The number of rotatable bonds is 4. The van der Waals surface area contributed by atoms with Crippen molar-refractivity contribution < 1.29 is 19.8 Å². The zero-order valence-electron chi connectivity index (χ0n) is 14.0. The summed E-state index contributed by atoms with van der Waals surface area (Å²) >= 11 is 0. The minimum atomic E-state index is -1.27. The first-order valence-electron chi connectivity index (χ1n) is 7.29. The second-order valence-electron chi connectivity index (χ2n) is 6.43. The Labute approximate surface area is 134 Å². The van der Waals surface area contributed by atoms with E-state index < -0.39 is 24.5 Å². The fourth-order valence-electron chi connectivity index (χ4n) is 1.02. The van der Waals surface area contributed by atoms with Gasteiger partial charge in [-0.2, -0.15) is 0 Å². The Morgan fingerprint density at radius 3 is 1.95 bits per heavy atom. The van der Waals surface area contributed by atoms with Crippen molar-refractivity contribution in [1.29, 1.82) is 0 Å². The van der Waals surface area contributed by atoms with E-state index in [1.165, 1.54) is 0 Å². The number of carbonyl (C=O) groups excluding carboxylic acids is 1. The van der Waals surface area contributed by atoms with Crippen LogP contribution in [0.2, 0.25) is 18.1 Å². The van der Waals surface area contributed by atoms with Crippen LogP contribution in [0.1, 0.15) is 31.1 Å². The lowest BCUT2D eigenvalue weighted by molar-refractivity contribution is -0.140. The molecule has 1 atom stereocenters. The van der Waals surface area contributed by atoms with E-state index in [4.69, 9.17) is 10.2 Å². The van der Waals surface area contributed by atoms with Gasteiger partial charge in [0, 0.05) is 14.4 Å². The molecule has 0 unspecified atom stereocenters. The second kappa shape index (κ2) is 9.37. The van der Waals surface area contributed by atoms with E-state index in [1.807, 2.05) is 0 Å². The molecule has 1 aromatic rings. The molecule has 0 saturated heterocycles. The third-order valence-electron chi connectivity index (χ3n) is 3.55. The van der Waals surface area contributed by atoms with Crippen LogP contribution in [0.15, 0.2) is 30.3 Å². The number of carbonyl (C=O) groups is 2. The Kier molecular flexibility index (Phi) is 8.67. The van der Waals surface area contributed by atoms with E-state index in [2.05, 4.69) is 39.2 Å². The van der Waals surface area contributed by atoms with E-state index in [1.54, 1.807) is 30.3 Å². The molecule has 0 aliphatic rings. The highest BCUT2D eigenvalue weighted by atomic mass is 28.3. The summed E-state index contributed by atoms with van der Waals surface area (Å²) in [5.74, 6) is -1.78. The van der Waals surface area contributed by atoms with Crippen LogP contribution in [0.5, 0.6) is 0 Å². The van der Waals surface area contributed by atoms with Gasteiger partial charge < -0.3 is 15.5 Å². The first-order chi connectivity index (χ1) is 10.1. The summed E-state index contributed by atoms with van der Waals surface area (Å²) in [6, 6.07) is 6.94. The molecule has 0 aliphatic carbocycles. The third-order valence-corrected chi connectivity index (χ3v) is 7.02. The van der Waals surface area contributed by atoms with Gasteiger partial charge >= 0.3 is 5.97 Å². The molecule has 1 amide bonds. The molecule has 0 saturated carbocycles. The number of aliphatic hydroxyl groups is 1. The van der Waals surface area contributed by atoms with Crippen LogP contribution in [0.25, 0.3) is 0 Å². The van der Waals surface area contributed by atoms with Crippen LogP contribution >= 0.6 is 0 Å². The highest BCUT2D eigenvalue weighted by Crippen LogP contribution is 2.25. The van der Waals surface area contributed by atoms with E-state index in [-0.39, 0.29) is 8.80 Å². The van der Waals surface area contributed by atoms with Gasteiger partial charge in [-0.25, -0.2) is 4.79 Å². The maximum absolute atomic E-state index is 11.4. The fraction of sp³-hybridized carbons (Fsp3) is 0.500. The van der Waals surface area contributed by atoms with Crippen molar-refractivity contribution in [2.75, 3.05) is 6.61 Å². The summed E-state index contributed by atoms with van der Waals surface area (Å²) in [5.41, 5.74) is 0.359. The number of aliphatic carboxylic acids is 1. The van der Waals surface area contributed by atoms with E-state index >= 15 is 0 Å². The lowest BCUT2D eigenvalue weighted by atomic mass is 10.2. The van der Waals surface area contributed by atoms with E-state index in [9.17, 15) is 9.59 Å². The first-order valence-corrected chi connectivity index (χ1v) is 10.2.